The van der Waals surface area contributed by atoms with E-state index >= 15 is 0 Å². The van der Waals surface area contributed by atoms with Crippen molar-refractivity contribution < 1.29 is 4.74 Å². The van der Waals surface area contributed by atoms with E-state index in [4.69, 9.17) is 4.74 Å². The number of hydrogen-bond acceptors (Lipinski definition) is 4. The zero-order valence-electron chi connectivity index (χ0n) is 12.2. The molecule has 0 saturated carbocycles. The van der Waals surface area contributed by atoms with Gasteiger partial charge in [-0.3, -0.25) is 4.90 Å². The molecule has 1 aliphatic heterocycles. The zero-order chi connectivity index (χ0) is 13.6. The molecule has 3 atom stereocenters. The minimum absolute atomic E-state index is 0.324. The molecule has 1 aliphatic rings. The van der Waals surface area contributed by atoms with Crippen LogP contribution < -0.4 is 5.32 Å². The molecule has 0 aliphatic carbocycles. The summed E-state index contributed by atoms with van der Waals surface area (Å²) < 4.78 is 5.72. The van der Waals surface area contributed by atoms with E-state index in [-0.39, 0.29) is 5.54 Å². The monoisotopic (exact) mass is 253 g/mol. The Morgan fingerprint density at radius 1 is 1.39 bits per heavy atom. The second kappa shape index (κ2) is 7.08. The van der Waals surface area contributed by atoms with E-state index in [2.05, 4.69) is 37.1 Å². The topological polar surface area (TPSA) is 48.3 Å². The van der Waals surface area contributed by atoms with Crippen LogP contribution in [0.1, 0.15) is 40.0 Å². The highest BCUT2D eigenvalue weighted by atomic mass is 16.5. The molecule has 1 N–H and O–H groups in total. The molecule has 0 amide bonds. The first-order valence-corrected chi connectivity index (χ1v) is 7.03. The predicted molar refractivity (Wildman–Crippen MR) is 73.4 cm³/mol. The lowest BCUT2D eigenvalue weighted by Crippen LogP contribution is -2.46. The van der Waals surface area contributed by atoms with E-state index in [0.29, 0.717) is 12.2 Å². The minimum Gasteiger partial charge on any atom is -0.373 e. The molecule has 104 valence electrons. The SMILES string of the molecule is CCC(C#N)(CCCN1CC(C)OC(C)C1)NC. The second-order valence-electron chi connectivity index (χ2n) is 5.42. The first kappa shape index (κ1) is 15.4. The highest BCUT2D eigenvalue weighted by Crippen LogP contribution is 2.17. The number of rotatable bonds is 6. The third-order valence-electron chi connectivity index (χ3n) is 3.87. The summed E-state index contributed by atoms with van der Waals surface area (Å²) in [6, 6.07) is 2.42. The van der Waals surface area contributed by atoms with Gasteiger partial charge in [0.05, 0.1) is 18.3 Å². The van der Waals surface area contributed by atoms with Gasteiger partial charge in [0.15, 0.2) is 0 Å². The zero-order valence-corrected chi connectivity index (χ0v) is 12.2. The predicted octanol–water partition coefficient (Wildman–Crippen LogP) is 1.77. The van der Waals surface area contributed by atoms with Crippen molar-refractivity contribution in [3.8, 4) is 6.07 Å². The molecule has 1 saturated heterocycles. The van der Waals surface area contributed by atoms with Crippen molar-refractivity contribution in [1.29, 1.82) is 5.26 Å². The summed E-state index contributed by atoms with van der Waals surface area (Å²) in [7, 11) is 1.88. The maximum absolute atomic E-state index is 9.25. The Balaban J connectivity index is 2.35. The normalized spacial score (nSPS) is 28.6. The largest absolute Gasteiger partial charge is 0.373 e. The van der Waals surface area contributed by atoms with Crippen molar-refractivity contribution in [2.24, 2.45) is 0 Å². The van der Waals surface area contributed by atoms with E-state index in [1.807, 2.05) is 7.05 Å². The van der Waals surface area contributed by atoms with Crippen molar-refractivity contribution in [3.05, 3.63) is 0 Å². The summed E-state index contributed by atoms with van der Waals surface area (Å²) in [4.78, 5) is 2.45. The van der Waals surface area contributed by atoms with Crippen molar-refractivity contribution in [3.63, 3.8) is 0 Å². The smallest absolute Gasteiger partial charge is 0.106 e. The Hall–Kier alpha value is -0.630. The molecular formula is C14H27N3O. The summed E-state index contributed by atoms with van der Waals surface area (Å²) in [5, 5.41) is 12.4. The van der Waals surface area contributed by atoms with Gasteiger partial charge in [-0.1, -0.05) is 6.92 Å². The van der Waals surface area contributed by atoms with Crippen molar-refractivity contribution >= 4 is 0 Å². The van der Waals surface area contributed by atoms with Crippen LogP contribution in [0.15, 0.2) is 0 Å². The van der Waals surface area contributed by atoms with E-state index < -0.39 is 0 Å². The Bertz CT molecular complexity index is 273. The van der Waals surface area contributed by atoms with Crippen LogP contribution in [0, 0.1) is 11.3 Å². The molecule has 1 rings (SSSR count). The average molecular weight is 253 g/mol. The fourth-order valence-electron chi connectivity index (χ4n) is 2.74. The first-order valence-electron chi connectivity index (χ1n) is 7.03. The van der Waals surface area contributed by atoms with Gasteiger partial charge in [0.25, 0.3) is 0 Å². The van der Waals surface area contributed by atoms with Crippen LogP contribution >= 0.6 is 0 Å². The van der Waals surface area contributed by atoms with Gasteiger partial charge in [-0.25, -0.2) is 0 Å². The summed E-state index contributed by atoms with van der Waals surface area (Å²) >= 11 is 0. The second-order valence-corrected chi connectivity index (χ2v) is 5.42. The first-order chi connectivity index (χ1) is 8.55. The third-order valence-corrected chi connectivity index (χ3v) is 3.87. The lowest BCUT2D eigenvalue weighted by Gasteiger charge is -2.36. The summed E-state index contributed by atoms with van der Waals surface area (Å²) in [6.07, 6.45) is 3.48. The minimum atomic E-state index is -0.344. The molecule has 0 aromatic carbocycles. The number of nitrogens with one attached hydrogen (secondary N) is 1. The number of morpholine rings is 1. The number of nitriles is 1. The maximum Gasteiger partial charge on any atom is 0.106 e. The summed E-state index contributed by atoms with van der Waals surface area (Å²) in [5.41, 5.74) is -0.344. The van der Waals surface area contributed by atoms with Crippen molar-refractivity contribution in [1.82, 2.24) is 10.2 Å². The van der Waals surface area contributed by atoms with Gasteiger partial charge in [-0.05, 0) is 46.7 Å². The van der Waals surface area contributed by atoms with Gasteiger partial charge in [-0.2, -0.15) is 5.26 Å². The Labute approximate surface area is 111 Å². The number of ether oxygens (including phenoxy) is 1. The molecule has 1 heterocycles. The molecule has 0 aromatic heterocycles. The van der Waals surface area contributed by atoms with E-state index in [1.54, 1.807) is 0 Å². The lowest BCUT2D eigenvalue weighted by molar-refractivity contribution is -0.0683. The highest BCUT2D eigenvalue weighted by Gasteiger charge is 2.26. The summed E-state index contributed by atoms with van der Waals surface area (Å²) in [5.74, 6) is 0. The molecule has 3 unspecified atom stereocenters. The van der Waals surface area contributed by atoms with Gasteiger partial charge in [-0.15, -0.1) is 0 Å². The molecule has 0 spiro atoms. The Kier molecular flexibility index (Phi) is 6.07. The molecule has 0 aromatic rings. The van der Waals surface area contributed by atoms with E-state index in [1.165, 1.54) is 0 Å². The molecular weight excluding hydrogens is 226 g/mol. The molecule has 4 heteroatoms. The lowest BCUT2D eigenvalue weighted by atomic mass is 9.92. The van der Waals surface area contributed by atoms with Gasteiger partial charge >= 0.3 is 0 Å². The third kappa shape index (κ3) is 4.24. The van der Waals surface area contributed by atoms with Gasteiger partial charge in [0, 0.05) is 13.1 Å². The van der Waals surface area contributed by atoms with Crippen LogP contribution in [0.2, 0.25) is 0 Å². The van der Waals surface area contributed by atoms with Gasteiger partial charge in [0.2, 0.25) is 0 Å². The number of nitrogens with zero attached hydrogens (tertiary/aromatic N) is 2. The molecule has 0 radical (unpaired) electrons. The quantitative estimate of drug-likeness (QED) is 0.783. The van der Waals surface area contributed by atoms with Gasteiger partial charge < -0.3 is 10.1 Å². The Morgan fingerprint density at radius 2 is 2.00 bits per heavy atom. The number of hydrogen-bond donors (Lipinski definition) is 1. The van der Waals surface area contributed by atoms with Crippen LogP contribution in [0.5, 0.6) is 0 Å². The molecule has 0 bridgehead atoms. The van der Waals surface area contributed by atoms with Crippen LogP contribution in [-0.4, -0.2) is 49.3 Å². The van der Waals surface area contributed by atoms with Crippen LogP contribution in [0.25, 0.3) is 0 Å². The highest BCUT2D eigenvalue weighted by molar-refractivity contribution is 5.05. The van der Waals surface area contributed by atoms with Gasteiger partial charge in [0.1, 0.15) is 5.54 Å². The van der Waals surface area contributed by atoms with E-state index in [0.717, 1.165) is 38.9 Å². The molecule has 4 nitrogen and oxygen atoms in total. The fraction of sp³-hybridized carbons (Fsp3) is 0.929. The maximum atomic E-state index is 9.25. The standard InChI is InChI=1S/C14H27N3O/c1-5-14(11-15,16-4)7-6-8-17-9-12(2)18-13(3)10-17/h12-13,16H,5-10H2,1-4H3. The Morgan fingerprint density at radius 3 is 2.44 bits per heavy atom. The van der Waals surface area contributed by atoms with Crippen molar-refractivity contribution in [2.75, 3.05) is 26.7 Å². The van der Waals surface area contributed by atoms with Crippen LogP contribution in [-0.2, 0) is 4.74 Å². The molecule has 18 heavy (non-hydrogen) atoms. The van der Waals surface area contributed by atoms with E-state index in [9.17, 15) is 5.26 Å². The fourth-order valence-corrected chi connectivity index (χ4v) is 2.74. The van der Waals surface area contributed by atoms with Crippen molar-refractivity contribution in [2.45, 2.75) is 57.8 Å². The van der Waals surface area contributed by atoms with Crippen LogP contribution in [0.3, 0.4) is 0 Å². The average Bonchev–Trinajstić information content (AvgIpc) is 2.34. The van der Waals surface area contributed by atoms with Crippen LogP contribution in [0.4, 0.5) is 0 Å². The molecule has 1 fully saturated rings. The summed E-state index contributed by atoms with van der Waals surface area (Å²) in [6.45, 7) is 9.40.